The van der Waals surface area contributed by atoms with Crippen molar-refractivity contribution in [1.82, 2.24) is 14.9 Å². The van der Waals surface area contributed by atoms with Gasteiger partial charge >= 0.3 is 0 Å². The highest BCUT2D eigenvalue weighted by atomic mass is 35.5. The molecule has 4 nitrogen and oxygen atoms in total. The molecule has 2 heterocycles. The van der Waals surface area contributed by atoms with Crippen molar-refractivity contribution in [3.8, 4) is 0 Å². The van der Waals surface area contributed by atoms with Gasteiger partial charge in [-0.25, -0.2) is 9.97 Å². The molecule has 110 valence electrons. The molecule has 6 heteroatoms. The Hall–Kier alpha value is -1.30. The molecule has 0 radical (unpaired) electrons. The van der Waals surface area contributed by atoms with E-state index < -0.39 is 0 Å². The number of halogens is 1. The van der Waals surface area contributed by atoms with Crippen LogP contribution in [0.15, 0.2) is 36.5 Å². The lowest BCUT2D eigenvalue weighted by molar-refractivity contribution is 0.207. The van der Waals surface area contributed by atoms with Crippen molar-refractivity contribution in [3.63, 3.8) is 0 Å². The third kappa shape index (κ3) is 3.67. The smallest absolute Gasteiger partial charge is 0.144 e. The number of benzene rings is 1. The van der Waals surface area contributed by atoms with Gasteiger partial charge in [0.15, 0.2) is 0 Å². The Morgan fingerprint density at radius 3 is 2.86 bits per heavy atom. The van der Waals surface area contributed by atoms with E-state index in [2.05, 4.69) is 27.0 Å². The molecule has 21 heavy (non-hydrogen) atoms. The molecule has 0 amide bonds. The molecule has 2 aromatic rings. The average Bonchev–Trinajstić information content (AvgIpc) is 2.49. The van der Waals surface area contributed by atoms with Gasteiger partial charge in [-0.3, -0.25) is 4.90 Å². The third-order valence-electron chi connectivity index (χ3n) is 3.57. The maximum Gasteiger partial charge on any atom is 0.144 e. The van der Waals surface area contributed by atoms with Crippen molar-refractivity contribution in [3.05, 3.63) is 52.9 Å². The predicted molar refractivity (Wildman–Crippen MR) is 88.4 cm³/mol. The van der Waals surface area contributed by atoms with Crippen molar-refractivity contribution in [2.24, 2.45) is 0 Å². The zero-order chi connectivity index (χ0) is 14.7. The van der Waals surface area contributed by atoms with Crippen molar-refractivity contribution in [2.75, 3.05) is 23.8 Å². The monoisotopic (exact) mass is 320 g/mol. The summed E-state index contributed by atoms with van der Waals surface area (Å²) in [7, 11) is 0. The van der Waals surface area contributed by atoms with E-state index in [1.54, 1.807) is 12.3 Å². The summed E-state index contributed by atoms with van der Waals surface area (Å²) in [6.07, 6.45) is 1.72. The molecular weight excluding hydrogens is 304 g/mol. The lowest BCUT2D eigenvalue weighted by atomic mass is 10.1. The second-order valence-electron chi connectivity index (χ2n) is 5.01. The molecule has 0 saturated carbocycles. The van der Waals surface area contributed by atoms with E-state index in [1.165, 1.54) is 5.56 Å². The fourth-order valence-corrected chi connectivity index (χ4v) is 3.77. The van der Waals surface area contributed by atoms with Crippen molar-refractivity contribution < 1.29 is 0 Å². The van der Waals surface area contributed by atoms with E-state index in [4.69, 9.17) is 17.3 Å². The first-order chi connectivity index (χ1) is 10.2. The van der Waals surface area contributed by atoms with Gasteiger partial charge in [-0.15, -0.1) is 0 Å². The van der Waals surface area contributed by atoms with Crippen LogP contribution in [0.5, 0.6) is 0 Å². The lowest BCUT2D eigenvalue weighted by Crippen LogP contribution is -2.36. The Bertz CT molecular complexity index is 605. The Morgan fingerprint density at radius 2 is 2.10 bits per heavy atom. The summed E-state index contributed by atoms with van der Waals surface area (Å²) in [6.45, 7) is 1.75. The van der Waals surface area contributed by atoms with Crippen LogP contribution in [0.3, 0.4) is 0 Å². The molecule has 1 atom stereocenters. The second-order valence-corrected chi connectivity index (χ2v) is 6.60. The van der Waals surface area contributed by atoms with Gasteiger partial charge in [-0.05, 0) is 23.8 Å². The Morgan fingerprint density at radius 1 is 1.29 bits per heavy atom. The molecular formula is C15H17ClN4S. The van der Waals surface area contributed by atoms with Gasteiger partial charge in [0.2, 0.25) is 0 Å². The molecule has 1 saturated heterocycles. The molecule has 2 N–H and O–H groups in total. The summed E-state index contributed by atoms with van der Waals surface area (Å²) in [5.41, 5.74) is 7.03. The molecule has 3 rings (SSSR count). The number of nitrogen functional groups attached to an aromatic ring is 1. The normalized spacial score (nSPS) is 19.6. The average molecular weight is 321 g/mol. The first-order valence-electron chi connectivity index (χ1n) is 6.87. The van der Waals surface area contributed by atoms with Crippen LogP contribution in [-0.4, -0.2) is 32.9 Å². The van der Waals surface area contributed by atoms with Crippen LogP contribution in [0.4, 0.5) is 5.82 Å². The molecule has 0 bridgehead atoms. The number of nitrogens with zero attached hydrogens (tertiary/aromatic N) is 3. The Labute approximate surface area is 133 Å². The number of hydrogen-bond donors (Lipinski definition) is 1. The molecule has 0 unspecified atom stereocenters. The van der Waals surface area contributed by atoms with E-state index >= 15 is 0 Å². The number of rotatable bonds is 3. The first kappa shape index (κ1) is 14.6. The van der Waals surface area contributed by atoms with Gasteiger partial charge in [-0.1, -0.05) is 23.7 Å². The standard InChI is InChI=1S/C15H17ClN4S/c16-12-3-1-11(2-4-12)13-10-21-8-7-20(13)9-15-18-6-5-14(17)19-15/h1-6,13H,7-10H2,(H2,17,18,19)/t13-/m0/s1. The van der Waals surface area contributed by atoms with Crippen LogP contribution in [0.25, 0.3) is 0 Å². The predicted octanol–water partition coefficient (Wildman–Crippen LogP) is 3.00. The molecule has 1 aliphatic rings. The van der Waals surface area contributed by atoms with Crippen LogP contribution in [-0.2, 0) is 6.54 Å². The quantitative estimate of drug-likeness (QED) is 0.942. The highest BCUT2D eigenvalue weighted by molar-refractivity contribution is 7.99. The topological polar surface area (TPSA) is 55.0 Å². The molecule has 0 spiro atoms. The van der Waals surface area contributed by atoms with Gasteiger partial charge in [0.05, 0.1) is 6.54 Å². The zero-order valence-electron chi connectivity index (χ0n) is 11.6. The van der Waals surface area contributed by atoms with Gasteiger partial charge < -0.3 is 5.73 Å². The SMILES string of the molecule is Nc1ccnc(CN2CCSC[C@H]2c2ccc(Cl)cc2)n1. The first-order valence-corrected chi connectivity index (χ1v) is 8.40. The van der Waals surface area contributed by atoms with E-state index in [0.29, 0.717) is 11.9 Å². The summed E-state index contributed by atoms with van der Waals surface area (Å²) in [5, 5.41) is 0.771. The Kier molecular flexibility index (Phi) is 4.63. The van der Waals surface area contributed by atoms with Crippen LogP contribution in [0.1, 0.15) is 17.4 Å². The number of nitrogens with two attached hydrogens (primary N) is 1. The maximum atomic E-state index is 5.98. The van der Waals surface area contributed by atoms with Crippen LogP contribution in [0.2, 0.25) is 5.02 Å². The Balaban J connectivity index is 1.79. The highest BCUT2D eigenvalue weighted by Crippen LogP contribution is 2.31. The summed E-state index contributed by atoms with van der Waals surface area (Å²) >= 11 is 7.96. The van der Waals surface area contributed by atoms with E-state index in [0.717, 1.165) is 35.4 Å². The van der Waals surface area contributed by atoms with Gasteiger partial charge in [0, 0.05) is 35.3 Å². The second kappa shape index (κ2) is 6.64. The minimum Gasteiger partial charge on any atom is -0.384 e. The molecule has 1 aromatic heterocycles. The minimum atomic E-state index is 0.367. The lowest BCUT2D eigenvalue weighted by Gasteiger charge is -2.35. The van der Waals surface area contributed by atoms with E-state index in [1.807, 2.05) is 23.9 Å². The van der Waals surface area contributed by atoms with Crippen molar-refractivity contribution in [2.45, 2.75) is 12.6 Å². The van der Waals surface area contributed by atoms with Gasteiger partial charge in [0.25, 0.3) is 0 Å². The number of hydrogen-bond acceptors (Lipinski definition) is 5. The van der Waals surface area contributed by atoms with E-state index in [9.17, 15) is 0 Å². The summed E-state index contributed by atoms with van der Waals surface area (Å²) < 4.78 is 0. The summed E-state index contributed by atoms with van der Waals surface area (Å²) in [5.74, 6) is 3.51. The highest BCUT2D eigenvalue weighted by Gasteiger charge is 2.25. The van der Waals surface area contributed by atoms with Gasteiger partial charge in [0.1, 0.15) is 11.6 Å². The number of thioether (sulfide) groups is 1. The molecule has 1 aromatic carbocycles. The van der Waals surface area contributed by atoms with Crippen LogP contribution >= 0.6 is 23.4 Å². The third-order valence-corrected chi connectivity index (χ3v) is 4.84. The minimum absolute atomic E-state index is 0.367. The zero-order valence-corrected chi connectivity index (χ0v) is 13.1. The molecule has 1 aliphatic heterocycles. The molecule has 1 fully saturated rings. The number of anilines is 1. The van der Waals surface area contributed by atoms with Crippen molar-refractivity contribution in [1.29, 1.82) is 0 Å². The maximum absolute atomic E-state index is 5.98. The fourth-order valence-electron chi connectivity index (χ4n) is 2.49. The van der Waals surface area contributed by atoms with Crippen LogP contribution in [0, 0.1) is 0 Å². The van der Waals surface area contributed by atoms with Crippen LogP contribution < -0.4 is 5.73 Å². The van der Waals surface area contributed by atoms with Gasteiger partial charge in [-0.2, -0.15) is 11.8 Å². The summed E-state index contributed by atoms with van der Waals surface area (Å²) in [6, 6.07) is 10.2. The van der Waals surface area contributed by atoms with E-state index in [-0.39, 0.29) is 0 Å². The molecule has 0 aliphatic carbocycles. The van der Waals surface area contributed by atoms with Crippen molar-refractivity contribution >= 4 is 29.2 Å². The largest absolute Gasteiger partial charge is 0.384 e. The fraction of sp³-hybridized carbons (Fsp3) is 0.333. The number of aromatic nitrogens is 2. The summed E-state index contributed by atoms with van der Waals surface area (Å²) in [4.78, 5) is 11.0.